The minimum atomic E-state index is -3.80. The average molecular weight is 471 g/mol. The maximum atomic E-state index is 11.5. The molecule has 9 heteroatoms. The van der Waals surface area contributed by atoms with Crippen LogP contribution < -0.4 is 0 Å². The van der Waals surface area contributed by atoms with Gasteiger partial charge in [0.25, 0.3) is 20.2 Å². The number of ether oxygens (including phenoxy) is 1. The van der Waals surface area contributed by atoms with Crippen LogP contribution in [0.2, 0.25) is 0 Å². The Balaban J connectivity index is 2.01. The van der Waals surface area contributed by atoms with Gasteiger partial charge in [0.2, 0.25) is 0 Å². The van der Waals surface area contributed by atoms with Crippen molar-refractivity contribution in [2.45, 2.75) is 37.9 Å². The van der Waals surface area contributed by atoms with Crippen molar-refractivity contribution >= 4 is 20.2 Å². The average Bonchev–Trinajstić information content (AvgIpc) is 2.71. The molecule has 0 bridgehead atoms. The standard InChI is InChI=1S/C22H30O7S2/c1-30(23,24)28-18-22(29-31(2,25)26)17-27-21(15-13-19-9-5-3-6-10-19)16-14-20-11-7-4-8-12-20/h3-12,21-22H,13-18H2,1-2H3. The molecular weight excluding hydrogens is 440 g/mol. The highest BCUT2D eigenvalue weighted by molar-refractivity contribution is 7.86. The minimum absolute atomic E-state index is 0.100. The van der Waals surface area contributed by atoms with Crippen molar-refractivity contribution in [1.82, 2.24) is 0 Å². The molecular formula is C22H30O7S2. The van der Waals surface area contributed by atoms with Gasteiger partial charge in [-0.3, -0.25) is 8.37 Å². The van der Waals surface area contributed by atoms with E-state index in [9.17, 15) is 16.8 Å². The molecule has 0 aliphatic carbocycles. The molecule has 1 atom stereocenters. The summed E-state index contributed by atoms with van der Waals surface area (Å²) in [6.45, 7) is -0.535. The van der Waals surface area contributed by atoms with E-state index >= 15 is 0 Å². The van der Waals surface area contributed by atoms with E-state index in [1.807, 2.05) is 60.7 Å². The highest BCUT2D eigenvalue weighted by atomic mass is 32.2. The van der Waals surface area contributed by atoms with Crippen LogP contribution in [0.1, 0.15) is 24.0 Å². The molecule has 2 rings (SSSR count). The number of aryl methyl sites for hydroxylation is 2. The van der Waals surface area contributed by atoms with Gasteiger partial charge >= 0.3 is 0 Å². The van der Waals surface area contributed by atoms with Gasteiger partial charge in [-0.1, -0.05) is 60.7 Å². The van der Waals surface area contributed by atoms with Crippen LogP contribution >= 0.6 is 0 Å². The van der Waals surface area contributed by atoms with Crippen LogP contribution in [-0.2, 0) is 46.2 Å². The summed E-state index contributed by atoms with van der Waals surface area (Å²) in [6.07, 6.45) is 3.65. The molecule has 1 unspecified atom stereocenters. The predicted molar refractivity (Wildman–Crippen MR) is 120 cm³/mol. The van der Waals surface area contributed by atoms with Crippen LogP contribution in [0.25, 0.3) is 0 Å². The van der Waals surface area contributed by atoms with Gasteiger partial charge in [0.05, 0.1) is 31.8 Å². The van der Waals surface area contributed by atoms with Crippen LogP contribution in [0.5, 0.6) is 0 Å². The number of hydrogen-bond donors (Lipinski definition) is 0. The van der Waals surface area contributed by atoms with Gasteiger partial charge in [-0.25, -0.2) is 0 Å². The Morgan fingerprint density at radius 3 is 1.58 bits per heavy atom. The van der Waals surface area contributed by atoms with Gasteiger partial charge in [-0.2, -0.15) is 16.8 Å². The molecule has 7 nitrogen and oxygen atoms in total. The Hall–Kier alpha value is -1.78. The highest BCUT2D eigenvalue weighted by Crippen LogP contribution is 2.15. The van der Waals surface area contributed by atoms with Crippen LogP contribution in [-0.4, -0.2) is 54.8 Å². The molecule has 0 aliphatic rings. The van der Waals surface area contributed by atoms with E-state index in [2.05, 4.69) is 0 Å². The fraction of sp³-hybridized carbons (Fsp3) is 0.455. The van der Waals surface area contributed by atoms with Crippen molar-refractivity contribution in [1.29, 1.82) is 0 Å². The maximum Gasteiger partial charge on any atom is 0.264 e. The lowest BCUT2D eigenvalue weighted by Crippen LogP contribution is -2.31. The molecule has 0 heterocycles. The van der Waals surface area contributed by atoms with Crippen LogP contribution in [0.3, 0.4) is 0 Å². The molecule has 0 aromatic heterocycles. The lowest BCUT2D eigenvalue weighted by molar-refractivity contribution is -0.0172. The zero-order valence-electron chi connectivity index (χ0n) is 17.8. The van der Waals surface area contributed by atoms with E-state index in [-0.39, 0.29) is 12.7 Å². The van der Waals surface area contributed by atoms with E-state index < -0.39 is 32.9 Å². The Morgan fingerprint density at radius 2 is 1.16 bits per heavy atom. The third-order valence-electron chi connectivity index (χ3n) is 4.49. The topological polar surface area (TPSA) is 96.0 Å². The Morgan fingerprint density at radius 1 is 0.677 bits per heavy atom. The van der Waals surface area contributed by atoms with Crippen LogP contribution in [0.15, 0.2) is 60.7 Å². The molecule has 0 fully saturated rings. The summed E-state index contributed by atoms with van der Waals surface area (Å²) in [5, 5.41) is 0. The highest BCUT2D eigenvalue weighted by Gasteiger charge is 2.21. The predicted octanol–water partition coefficient (Wildman–Crippen LogP) is 2.96. The second kappa shape index (κ2) is 12.3. The van der Waals surface area contributed by atoms with E-state index in [4.69, 9.17) is 13.1 Å². The van der Waals surface area contributed by atoms with Crippen molar-refractivity contribution in [3.63, 3.8) is 0 Å². The number of benzene rings is 2. The largest absolute Gasteiger partial charge is 0.375 e. The molecule has 2 aromatic carbocycles. The van der Waals surface area contributed by atoms with Gasteiger partial charge < -0.3 is 4.74 Å². The molecule has 172 valence electrons. The molecule has 2 aromatic rings. The zero-order valence-corrected chi connectivity index (χ0v) is 19.5. The summed E-state index contributed by atoms with van der Waals surface area (Å²) in [5.74, 6) is 0. The fourth-order valence-electron chi connectivity index (χ4n) is 3.05. The first kappa shape index (κ1) is 25.5. The van der Waals surface area contributed by atoms with Crippen LogP contribution in [0, 0.1) is 0 Å². The smallest absolute Gasteiger partial charge is 0.264 e. The molecule has 0 saturated carbocycles. The first-order valence-electron chi connectivity index (χ1n) is 10.0. The normalized spacial score (nSPS) is 13.4. The molecule has 0 spiro atoms. The van der Waals surface area contributed by atoms with Gasteiger partial charge in [0.15, 0.2) is 0 Å². The second-order valence-electron chi connectivity index (χ2n) is 7.41. The van der Waals surface area contributed by atoms with E-state index in [0.717, 1.165) is 38.2 Å². The third-order valence-corrected chi connectivity index (χ3v) is 5.68. The quantitative estimate of drug-likeness (QED) is 0.392. The Bertz CT molecular complexity index is 932. The van der Waals surface area contributed by atoms with E-state index in [0.29, 0.717) is 0 Å². The summed E-state index contributed by atoms with van der Waals surface area (Å²) < 4.78 is 61.4. The Kier molecular flexibility index (Phi) is 10.1. The van der Waals surface area contributed by atoms with Crippen molar-refractivity contribution < 1.29 is 29.9 Å². The maximum absolute atomic E-state index is 11.5. The summed E-state index contributed by atoms with van der Waals surface area (Å²) in [5.41, 5.74) is 2.36. The van der Waals surface area contributed by atoms with E-state index in [1.165, 1.54) is 11.1 Å². The SMILES string of the molecule is CS(=O)(=O)OCC(COC(CCc1ccccc1)CCc1ccccc1)OS(C)(=O)=O. The molecule has 0 saturated heterocycles. The lowest BCUT2D eigenvalue weighted by atomic mass is 10.0. The fourth-order valence-corrected chi connectivity index (χ4v) is 4.05. The minimum Gasteiger partial charge on any atom is -0.375 e. The van der Waals surface area contributed by atoms with Gasteiger partial charge in [-0.15, -0.1) is 0 Å². The summed E-state index contributed by atoms with van der Waals surface area (Å²) >= 11 is 0. The molecule has 0 aliphatic heterocycles. The summed E-state index contributed by atoms with van der Waals surface area (Å²) in [6, 6.07) is 20.0. The van der Waals surface area contributed by atoms with Gasteiger partial charge in [0, 0.05) is 0 Å². The Labute approximate surface area is 185 Å². The van der Waals surface area contributed by atoms with E-state index in [1.54, 1.807) is 0 Å². The number of hydrogen-bond acceptors (Lipinski definition) is 7. The van der Waals surface area contributed by atoms with Crippen molar-refractivity contribution in [2.24, 2.45) is 0 Å². The summed E-state index contributed by atoms with van der Waals surface area (Å²) in [4.78, 5) is 0. The summed E-state index contributed by atoms with van der Waals surface area (Å²) in [7, 11) is -7.54. The number of rotatable bonds is 14. The van der Waals surface area contributed by atoms with Crippen molar-refractivity contribution in [3.8, 4) is 0 Å². The lowest BCUT2D eigenvalue weighted by Gasteiger charge is -2.22. The monoisotopic (exact) mass is 470 g/mol. The molecule has 0 radical (unpaired) electrons. The first-order chi connectivity index (χ1) is 14.6. The van der Waals surface area contributed by atoms with Crippen LogP contribution in [0.4, 0.5) is 0 Å². The third kappa shape index (κ3) is 12.0. The first-order valence-corrected chi connectivity index (χ1v) is 13.7. The molecule has 0 amide bonds. The molecule has 0 N–H and O–H groups in total. The zero-order chi connectivity index (χ0) is 22.7. The second-order valence-corrected chi connectivity index (χ2v) is 10.7. The van der Waals surface area contributed by atoms with Crippen molar-refractivity contribution in [3.05, 3.63) is 71.8 Å². The van der Waals surface area contributed by atoms with Crippen molar-refractivity contribution in [2.75, 3.05) is 25.7 Å². The van der Waals surface area contributed by atoms with Gasteiger partial charge in [-0.05, 0) is 36.8 Å². The van der Waals surface area contributed by atoms with Gasteiger partial charge in [0.1, 0.15) is 6.10 Å². The molecule has 31 heavy (non-hydrogen) atoms.